The van der Waals surface area contributed by atoms with Crippen molar-refractivity contribution in [1.82, 2.24) is 9.55 Å². The molecule has 7 heteroatoms. The van der Waals surface area contributed by atoms with E-state index >= 15 is 0 Å². The van der Waals surface area contributed by atoms with Crippen LogP contribution in [0.2, 0.25) is 0 Å². The van der Waals surface area contributed by atoms with Gasteiger partial charge in [0.25, 0.3) is 5.56 Å². The molecule has 0 aromatic carbocycles. The highest BCUT2D eigenvalue weighted by Gasteiger charge is 2.31. The Labute approximate surface area is 109 Å². The molecule has 1 aromatic heterocycles. The Bertz CT molecular complexity index is 577. The van der Waals surface area contributed by atoms with Gasteiger partial charge in [-0.05, 0) is 6.42 Å². The lowest BCUT2D eigenvalue weighted by molar-refractivity contribution is 0.642. The minimum Gasteiger partial charge on any atom is -0.337 e. The van der Waals surface area contributed by atoms with Crippen LogP contribution < -0.4 is 21.5 Å². The Morgan fingerprint density at radius 1 is 1.50 bits per heavy atom. The zero-order valence-electron chi connectivity index (χ0n) is 10.1. The number of aromatic amines is 1. The molecule has 6 nitrogen and oxygen atoms in total. The van der Waals surface area contributed by atoms with Crippen molar-refractivity contribution in [2.24, 2.45) is 0 Å². The van der Waals surface area contributed by atoms with Gasteiger partial charge in [-0.25, -0.2) is 4.79 Å². The number of hydrogen-bond donors (Lipinski definition) is 2. The maximum absolute atomic E-state index is 11.9. The molecule has 18 heavy (non-hydrogen) atoms. The number of nitrogens with one attached hydrogen (secondary N) is 2. The second kappa shape index (κ2) is 4.89. The van der Waals surface area contributed by atoms with Gasteiger partial charge in [-0.1, -0.05) is 24.6 Å². The van der Waals surface area contributed by atoms with Crippen molar-refractivity contribution in [2.75, 3.05) is 16.8 Å². The van der Waals surface area contributed by atoms with Crippen LogP contribution in [0.3, 0.4) is 0 Å². The maximum atomic E-state index is 11.9. The molecular weight excluding hydrogens is 256 g/mol. The van der Waals surface area contributed by atoms with Crippen LogP contribution in [0, 0.1) is 0 Å². The highest BCUT2D eigenvalue weighted by Crippen LogP contribution is 2.31. The van der Waals surface area contributed by atoms with Crippen LogP contribution in [0.15, 0.2) is 22.2 Å². The zero-order chi connectivity index (χ0) is 13.3. The highest BCUT2D eigenvalue weighted by atomic mass is 35.5. The standard InChI is InChI=1S/C11H15ClN4O2/c1-3-5-15-7-8(13-10(15)12)16(6-4-2)11(18)14-9(7)17/h3,10,13H,1,4-6H2,2H3,(H,14,17,18). The van der Waals surface area contributed by atoms with Gasteiger partial charge >= 0.3 is 5.69 Å². The number of rotatable bonds is 4. The lowest BCUT2D eigenvalue weighted by Gasteiger charge is -2.18. The van der Waals surface area contributed by atoms with E-state index in [9.17, 15) is 9.59 Å². The first kappa shape index (κ1) is 12.8. The van der Waals surface area contributed by atoms with E-state index in [-0.39, 0.29) is 0 Å². The van der Waals surface area contributed by atoms with Gasteiger partial charge in [0.1, 0.15) is 11.5 Å². The molecule has 0 radical (unpaired) electrons. The number of hydrogen-bond acceptors (Lipinski definition) is 4. The smallest absolute Gasteiger partial charge is 0.330 e. The average molecular weight is 271 g/mol. The first-order valence-electron chi connectivity index (χ1n) is 5.75. The molecule has 98 valence electrons. The van der Waals surface area contributed by atoms with Gasteiger partial charge in [-0.3, -0.25) is 14.3 Å². The fraction of sp³-hybridized carbons (Fsp3) is 0.455. The van der Waals surface area contributed by atoms with Crippen molar-refractivity contribution in [3.8, 4) is 0 Å². The molecule has 0 spiro atoms. The molecule has 1 aliphatic rings. The molecule has 0 bridgehead atoms. The van der Waals surface area contributed by atoms with E-state index in [1.54, 1.807) is 11.0 Å². The zero-order valence-corrected chi connectivity index (χ0v) is 10.8. The lowest BCUT2D eigenvalue weighted by atomic mass is 10.4. The van der Waals surface area contributed by atoms with Crippen molar-refractivity contribution in [3.63, 3.8) is 0 Å². The Kier molecular flexibility index (Phi) is 3.47. The quantitative estimate of drug-likeness (QED) is 0.484. The predicted molar refractivity (Wildman–Crippen MR) is 72.4 cm³/mol. The minimum atomic E-state index is -0.552. The van der Waals surface area contributed by atoms with Crippen molar-refractivity contribution < 1.29 is 0 Å². The summed E-state index contributed by atoms with van der Waals surface area (Å²) in [7, 11) is 0. The number of nitrogens with zero attached hydrogens (tertiary/aromatic N) is 2. The molecule has 0 fully saturated rings. The molecule has 1 unspecified atom stereocenters. The number of halogens is 1. The third kappa shape index (κ3) is 1.92. The van der Waals surface area contributed by atoms with Crippen molar-refractivity contribution in [1.29, 1.82) is 0 Å². The van der Waals surface area contributed by atoms with Gasteiger partial charge in [-0.15, -0.1) is 6.58 Å². The number of aromatic nitrogens is 2. The molecular formula is C11H15ClN4O2. The topological polar surface area (TPSA) is 70.1 Å². The number of alkyl halides is 1. The van der Waals surface area contributed by atoms with Crippen molar-refractivity contribution >= 4 is 23.1 Å². The van der Waals surface area contributed by atoms with E-state index < -0.39 is 16.9 Å². The molecule has 0 aliphatic carbocycles. The van der Waals surface area contributed by atoms with Gasteiger partial charge in [-0.2, -0.15) is 0 Å². The fourth-order valence-electron chi connectivity index (χ4n) is 2.04. The molecule has 2 N–H and O–H groups in total. The SMILES string of the molecule is C=CCN1c2c(n(CCC)c(=O)[nH]c2=O)NC1Cl. The second-order valence-electron chi connectivity index (χ2n) is 4.03. The summed E-state index contributed by atoms with van der Waals surface area (Å²) in [5.74, 6) is 0.479. The third-order valence-corrected chi connectivity index (χ3v) is 3.11. The predicted octanol–water partition coefficient (Wildman–Crippen LogP) is 0.887. The Morgan fingerprint density at radius 3 is 2.83 bits per heavy atom. The molecule has 1 aliphatic heterocycles. The fourth-order valence-corrected chi connectivity index (χ4v) is 2.32. The molecule has 0 amide bonds. The van der Waals surface area contributed by atoms with Gasteiger partial charge in [0.2, 0.25) is 0 Å². The van der Waals surface area contributed by atoms with Gasteiger partial charge in [0.15, 0.2) is 5.62 Å². The number of fused-ring (bicyclic) bond motifs is 1. The van der Waals surface area contributed by atoms with Crippen LogP contribution in [-0.2, 0) is 6.54 Å². The van der Waals surface area contributed by atoms with Gasteiger partial charge in [0.05, 0.1) is 0 Å². The van der Waals surface area contributed by atoms with E-state index in [0.29, 0.717) is 24.6 Å². The third-order valence-electron chi connectivity index (χ3n) is 2.76. The molecule has 0 saturated carbocycles. The van der Waals surface area contributed by atoms with E-state index in [1.165, 1.54) is 4.57 Å². The Hall–Kier alpha value is -1.69. The molecule has 1 atom stereocenters. The largest absolute Gasteiger partial charge is 0.337 e. The summed E-state index contributed by atoms with van der Waals surface area (Å²) >= 11 is 6.12. The Morgan fingerprint density at radius 2 is 2.22 bits per heavy atom. The first-order chi connectivity index (χ1) is 8.60. The van der Waals surface area contributed by atoms with Crippen LogP contribution in [0.25, 0.3) is 0 Å². The highest BCUT2D eigenvalue weighted by molar-refractivity contribution is 6.24. The van der Waals surface area contributed by atoms with E-state index in [2.05, 4.69) is 16.9 Å². The van der Waals surface area contributed by atoms with Crippen LogP contribution in [0.1, 0.15) is 13.3 Å². The second-order valence-corrected chi connectivity index (χ2v) is 4.44. The van der Waals surface area contributed by atoms with Crippen LogP contribution in [-0.4, -0.2) is 21.7 Å². The normalized spacial score (nSPS) is 17.4. The molecule has 2 heterocycles. The Balaban J connectivity index is 2.62. The van der Waals surface area contributed by atoms with Crippen molar-refractivity contribution in [2.45, 2.75) is 25.5 Å². The number of H-pyrrole nitrogens is 1. The maximum Gasteiger partial charge on any atom is 0.330 e. The summed E-state index contributed by atoms with van der Waals surface area (Å²) in [6.45, 7) is 6.54. The molecule has 2 rings (SSSR count). The molecule has 1 aromatic rings. The van der Waals surface area contributed by atoms with Gasteiger partial charge < -0.3 is 10.2 Å². The summed E-state index contributed by atoms with van der Waals surface area (Å²) < 4.78 is 1.50. The summed E-state index contributed by atoms with van der Waals surface area (Å²) in [6.07, 6.45) is 2.44. The summed E-state index contributed by atoms with van der Waals surface area (Å²) in [5, 5.41) is 2.95. The summed E-state index contributed by atoms with van der Waals surface area (Å²) in [4.78, 5) is 27.6. The average Bonchev–Trinajstić information content (AvgIpc) is 2.63. The lowest BCUT2D eigenvalue weighted by Crippen LogP contribution is -2.35. The van der Waals surface area contributed by atoms with Crippen LogP contribution in [0.4, 0.5) is 11.5 Å². The number of anilines is 2. The summed E-state index contributed by atoms with van der Waals surface area (Å²) in [5.41, 5.74) is -1.01. The van der Waals surface area contributed by atoms with Crippen LogP contribution >= 0.6 is 11.6 Å². The summed E-state index contributed by atoms with van der Waals surface area (Å²) in [6, 6.07) is 0. The first-order valence-corrected chi connectivity index (χ1v) is 6.19. The van der Waals surface area contributed by atoms with Crippen molar-refractivity contribution in [3.05, 3.63) is 33.5 Å². The molecule has 0 saturated heterocycles. The van der Waals surface area contributed by atoms with E-state index in [0.717, 1.165) is 6.42 Å². The minimum absolute atomic E-state index is 0.392. The monoisotopic (exact) mass is 270 g/mol. The van der Waals surface area contributed by atoms with E-state index in [1.807, 2.05) is 6.92 Å². The van der Waals surface area contributed by atoms with E-state index in [4.69, 9.17) is 11.6 Å². The van der Waals surface area contributed by atoms with Crippen LogP contribution in [0.5, 0.6) is 0 Å². The van der Waals surface area contributed by atoms with Gasteiger partial charge in [0, 0.05) is 13.1 Å².